The highest BCUT2D eigenvalue weighted by molar-refractivity contribution is 8.13. The Bertz CT molecular complexity index is 3440. The number of hydrogen-bond donors (Lipinski definition) is 4. The van der Waals surface area contributed by atoms with Crippen molar-refractivity contribution in [2.45, 2.75) is 58.8 Å². The van der Waals surface area contributed by atoms with E-state index >= 15 is 0 Å². The molecule has 0 aliphatic rings. The maximum atomic E-state index is 14.5. The highest BCUT2D eigenvalue weighted by Crippen LogP contribution is 2.48. The fourth-order valence-electron chi connectivity index (χ4n) is 6.37. The smallest absolute Gasteiger partial charge is 0.361 e. The highest BCUT2D eigenvalue weighted by atomic mass is 35.7. The number of rotatable bonds is 22. The SMILES string of the molecule is C.C/C(=C\c1cc(F)c(Oc2ccc(S(=O)(=O)Cl)cc2)c(F)c1)C(=O)O.CCOP(=O)(OCC)c1ccc(N)cc1.CCOP(=O)(OCC)c1ccc(NS(=O)(=O)c2ccc(Oc3c(F)cc(/C=C(\C)C(=O)O)cc3F)cc2)cc1. The first-order valence-electron chi connectivity index (χ1n) is 23.2. The molecule has 0 saturated heterocycles. The molecule has 0 heterocycles. The van der Waals surface area contributed by atoms with Gasteiger partial charge in [0.2, 0.25) is 0 Å². The molecule has 80 heavy (non-hydrogen) atoms. The fraction of sp³-hybridized carbons (Fsp3) is 0.208. The summed E-state index contributed by atoms with van der Waals surface area (Å²) in [4.78, 5) is 21.3. The number of carboxylic acids is 2. The molecule has 0 fully saturated rings. The van der Waals surface area contributed by atoms with Crippen molar-refractivity contribution in [3.05, 3.63) is 167 Å². The molecule has 5 N–H and O–H groups in total. The molecule has 6 aromatic rings. The van der Waals surface area contributed by atoms with E-state index in [0.717, 1.165) is 48.6 Å². The van der Waals surface area contributed by atoms with Crippen molar-refractivity contribution in [1.82, 2.24) is 0 Å². The van der Waals surface area contributed by atoms with Crippen molar-refractivity contribution >= 4 is 91.0 Å². The fourth-order valence-corrected chi connectivity index (χ4v) is 11.3. The second-order valence-electron chi connectivity index (χ2n) is 15.9. The summed E-state index contributed by atoms with van der Waals surface area (Å²) in [5, 5.41) is 18.5. The first kappa shape index (κ1) is 67.4. The number of nitrogens with two attached hydrogens (primary N) is 1. The normalized spacial score (nSPS) is 11.9. The molecule has 0 amide bonds. The van der Waals surface area contributed by atoms with Crippen LogP contribution in [0.25, 0.3) is 12.2 Å². The van der Waals surface area contributed by atoms with E-state index in [1.807, 2.05) is 0 Å². The summed E-state index contributed by atoms with van der Waals surface area (Å²) in [6.45, 7) is 10.5. The molecular weight excluding hydrogens is 1160 g/mol. The second kappa shape index (κ2) is 30.1. The van der Waals surface area contributed by atoms with Crippen LogP contribution >= 0.6 is 25.9 Å². The van der Waals surface area contributed by atoms with Gasteiger partial charge in [0, 0.05) is 33.2 Å². The number of halogens is 5. The molecule has 0 unspecified atom stereocenters. The number of benzene rings is 6. The average molecular weight is 1220 g/mol. The van der Waals surface area contributed by atoms with Crippen molar-refractivity contribution < 1.29 is 90.9 Å². The van der Waals surface area contributed by atoms with E-state index in [-0.39, 0.29) is 75.2 Å². The minimum absolute atomic E-state index is 0. The van der Waals surface area contributed by atoms with Gasteiger partial charge in [0.05, 0.1) is 46.8 Å². The molecule has 6 rings (SSSR count). The van der Waals surface area contributed by atoms with Gasteiger partial charge in [-0.05, 0) is 186 Å². The van der Waals surface area contributed by atoms with Crippen molar-refractivity contribution in [2.24, 2.45) is 0 Å². The first-order valence-corrected chi connectivity index (χ1v) is 30.1. The molecule has 0 radical (unpaired) electrons. The second-order valence-corrected chi connectivity index (χ2v) is 24.2. The third-order valence-electron chi connectivity index (χ3n) is 10.0. The quantitative estimate of drug-likeness (QED) is 0.0162. The summed E-state index contributed by atoms with van der Waals surface area (Å²) >= 11 is 0. The van der Waals surface area contributed by atoms with Gasteiger partial charge in [0.25, 0.3) is 19.1 Å². The van der Waals surface area contributed by atoms with Crippen LogP contribution in [0.1, 0.15) is 60.1 Å². The van der Waals surface area contributed by atoms with Crippen LogP contribution in [-0.4, -0.2) is 65.4 Å². The van der Waals surface area contributed by atoms with E-state index in [4.69, 9.17) is 54.2 Å². The van der Waals surface area contributed by atoms with Crippen LogP contribution in [0, 0.1) is 23.3 Å². The number of hydrogen-bond acceptors (Lipinski definition) is 15. The zero-order chi connectivity index (χ0) is 58.9. The maximum absolute atomic E-state index is 14.5. The summed E-state index contributed by atoms with van der Waals surface area (Å²) in [7, 11) is -9.48. The Kier molecular flexibility index (Phi) is 25.4. The molecule has 432 valence electrons. The summed E-state index contributed by atoms with van der Waals surface area (Å²) in [6.07, 6.45) is 2.22. The summed E-state index contributed by atoms with van der Waals surface area (Å²) in [5.41, 5.74) is 6.17. The van der Waals surface area contributed by atoms with Gasteiger partial charge in [-0.25, -0.2) is 44.0 Å². The zero-order valence-electron chi connectivity index (χ0n) is 42.8. The van der Waals surface area contributed by atoms with Gasteiger partial charge in [-0.3, -0.25) is 13.9 Å². The number of nitrogen functional groups attached to an aromatic ring is 1. The largest absolute Gasteiger partial charge is 0.478 e. The first-order chi connectivity index (χ1) is 37.1. The van der Waals surface area contributed by atoms with Gasteiger partial charge in [-0.15, -0.1) is 0 Å². The van der Waals surface area contributed by atoms with Gasteiger partial charge < -0.3 is 43.5 Å². The lowest BCUT2D eigenvalue weighted by Gasteiger charge is -2.17. The molecule has 0 aliphatic carbocycles. The van der Waals surface area contributed by atoms with Crippen LogP contribution in [-0.2, 0) is 55.9 Å². The third kappa shape index (κ3) is 19.5. The van der Waals surface area contributed by atoms with Crippen molar-refractivity contribution in [3.8, 4) is 23.0 Å². The molecule has 18 nitrogen and oxygen atoms in total. The van der Waals surface area contributed by atoms with Gasteiger partial charge in [0.15, 0.2) is 34.8 Å². The molecular formula is C53H57ClF4N2O16P2S2. The Morgan fingerprint density at radius 2 is 0.875 bits per heavy atom. The summed E-state index contributed by atoms with van der Waals surface area (Å²) in [5.74, 6) is -8.15. The topological polar surface area (TPSA) is 270 Å². The minimum Gasteiger partial charge on any atom is -0.478 e. The van der Waals surface area contributed by atoms with Crippen molar-refractivity contribution in [2.75, 3.05) is 36.9 Å². The van der Waals surface area contributed by atoms with E-state index < -0.39 is 81.0 Å². The van der Waals surface area contributed by atoms with E-state index in [9.17, 15) is 53.1 Å². The van der Waals surface area contributed by atoms with Crippen molar-refractivity contribution in [1.29, 1.82) is 0 Å². The molecule has 6 aromatic carbocycles. The lowest BCUT2D eigenvalue weighted by molar-refractivity contribution is -0.133. The molecule has 27 heteroatoms. The zero-order valence-corrected chi connectivity index (χ0v) is 47.0. The summed E-state index contributed by atoms with van der Waals surface area (Å²) in [6, 6.07) is 25.5. The van der Waals surface area contributed by atoms with Crippen molar-refractivity contribution in [3.63, 3.8) is 0 Å². The van der Waals surface area contributed by atoms with Crippen LogP contribution < -0.4 is 30.5 Å². The Labute approximate surface area is 465 Å². The van der Waals surface area contributed by atoms with Gasteiger partial charge >= 0.3 is 27.1 Å². The monoisotopic (exact) mass is 1210 g/mol. The molecule has 0 saturated carbocycles. The van der Waals surface area contributed by atoms with E-state index in [1.165, 1.54) is 74.5 Å². The number of sulfonamides is 1. The maximum Gasteiger partial charge on any atom is 0.361 e. The van der Waals surface area contributed by atoms with E-state index in [0.29, 0.717) is 24.2 Å². The minimum atomic E-state index is -4.05. The van der Waals surface area contributed by atoms with Crippen LogP contribution in [0.4, 0.5) is 28.9 Å². The van der Waals surface area contributed by atoms with Gasteiger partial charge in [-0.1, -0.05) is 7.43 Å². The Balaban J connectivity index is 0.000000349. The number of carbonyl (C=O) groups is 2. The lowest BCUT2D eigenvalue weighted by atomic mass is 10.1. The third-order valence-corrected chi connectivity index (χ3v) is 17.0. The number of carboxylic acid groups (broad SMARTS) is 2. The van der Waals surface area contributed by atoms with Crippen LogP contribution in [0.5, 0.6) is 23.0 Å². The van der Waals surface area contributed by atoms with E-state index in [1.54, 1.807) is 52.0 Å². The number of aliphatic carboxylic acids is 2. The Morgan fingerprint density at radius 1 is 0.562 bits per heavy atom. The van der Waals surface area contributed by atoms with Crippen LogP contribution in [0.15, 0.2) is 142 Å². The van der Waals surface area contributed by atoms with Crippen LogP contribution in [0.3, 0.4) is 0 Å². The predicted octanol–water partition coefficient (Wildman–Crippen LogP) is 12.9. The summed E-state index contributed by atoms with van der Waals surface area (Å²) < 4.78 is 164. The number of nitrogens with one attached hydrogen (secondary N) is 1. The predicted molar refractivity (Wildman–Crippen MR) is 297 cm³/mol. The lowest BCUT2D eigenvalue weighted by Crippen LogP contribution is -2.14. The molecule has 0 bridgehead atoms. The van der Waals surface area contributed by atoms with E-state index in [2.05, 4.69) is 4.72 Å². The Morgan fingerprint density at radius 3 is 1.18 bits per heavy atom. The van der Waals surface area contributed by atoms with Crippen LogP contribution in [0.2, 0.25) is 0 Å². The van der Waals surface area contributed by atoms with Gasteiger partial charge in [0.1, 0.15) is 11.5 Å². The number of ether oxygens (including phenoxy) is 2. The molecule has 0 atom stereocenters. The van der Waals surface area contributed by atoms with Gasteiger partial charge in [-0.2, -0.15) is 0 Å². The standard InChI is InChI=1S/C26H26F2NO8PS.C16H11ClF2O5S.C10H16NO3P.CH4/c1-4-35-38(32,36-5-2)21-10-6-19(7-11-21)29-39(33,34)22-12-8-20(9-13-22)37-25-23(27)15-18(16-24(25)28)14-17(3)26(30)31;1-9(16(20)21)6-10-7-13(18)15(14(19)8-10)24-11-2-4-12(5-3-11)25(17,22)23;1-3-13-15(12,14-4-2)10-7-5-9(11)6-8-10;/h6-16,29H,4-5H2,1-3H3,(H,30,31);2-8H,1H3,(H,20,21);5-8H,3-4,11H2,1-2H3;1H4/b17-14+;9-6+;;. The molecule has 0 spiro atoms. The highest BCUT2D eigenvalue weighted by Gasteiger charge is 2.28. The number of anilines is 2. The Hall–Kier alpha value is -6.85. The average Bonchev–Trinajstić information content (AvgIpc) is 3.37. The molecule has 0 aromatic heterocycles. The molecule has 0 aliphatic heterocycles.